The molecule has 3 aromatic heterocycles. The lowest BCUT2D eigenvalue weighted by Crippen LogP contribution is -2.12. The Labute approximate surface area is 154 Å². The minimum Gasteiger partial charge on any atom is -0.361 e. The van der Waals surface area contributed by atoms with Crippen molar-refractivity contribution in [1.29, 1.82) is 0 Å². The number of imidazole rings is 1. The fraction of sp³-hybridized carbons (Fsp3) is 0.211. The molecule has 1 aromatic carbocycles. The van der Waals surface area contributed by atoms with Gasteiger partial charge in [0, 0.05) is 41.0 Å². The van der Waals surface area contributed by atoms with E-state index in [0.29, 0.717) is 12.8 Å². The second-order valence-corrected chi connectivity index (χ2v) is 7.02. The number of fused-ring (bicyclic) bond motifs is 1. The molecule has 1 N–H and O–H groups in total. The standard InChI is InChI=1S/C19H18N4O2S/c1-12-16(13(2)25-22-12)6-7-18(24)20-15-5-3-4-14(10-15)17-11-23-8-9-26-19(23)21-17/h3-5,8-11H,6-7H2,1-2H3,(H,20,24). The van der Waals surface area contributed by atoms with Crippen LogP contribution in [0.1, 0.15) is 23.4 Å². The predicted molar refractivity (Wildman–Crippen MR) is 101 cm³/mol. The molecule has 0 spiro atoms. The molecule has 0 saturated carbocycles. The lowest BCUT2D eigenvalue weighted by molar-refractivity contribution is -0.116. The first-order chi connectivity index (χ1) is 12.6. The van der Waals surface area contributed by atoms with Crippen LogP contribution in [-0.4, -0.2) is 20.4 Å². The first kappa shape index (κ1) is 16.5. The number of hydrogen-bond donors (Lipinski definition) is 1. The maximum Gasteiger partial charge on any atom is 0.224 e. The molecule has 1 amide bonds. The number of aryl methyl sites for hydroxylation is 2. The average Bonchev–Trinajstić information content (AvgIpc) is 3.29. The number of nitrogens with one attached hydrogen (secondary N) is 1. The zero-order chi connectivity index (χ0) is 18.1. The van der Waals surface area contributed by atoms with Crippen molar-refractivity contribution in [3.63, 3.8) is 0 Å². The van der Waals surface area contributed by atoms with Crippen LogP contribution in [-0.2, 0) is 11.2 Å². The van der Waals surface area contributed by atoms with Crippen molar-refractivity contribution in [2.45, 2.75) is 26.7 Å². The number of carbonyl (C=O) groups excluding carboxylic acids is 1. The predicted octanol–water partition coefficient (Wildman–Crippen LogP) is 4.24. The fourth-order valence-electron chi connectivity index (χ4n) is 2.94. The normalized spacial score (nSPS) is 11.2. The lowest BCUT2D eigenvalue weighted by Gasteiger charge is -2.06. The molecular formula is C19H18N4O2S. The molecule has 0 bridgehead atoms. The van der Waals surface area contributed by atoms with Crippen molar-refractivity contribution in [1.82, 2.24) is 14.5 Å². The van der Waals surface area contributed by atoms with Crippen LogP contribution >= 0.6 is 11.3 Å². The van der Waals surface area contributed by atoms with E-state index in [2.05, 4.69) is 15.5 Å². The van der Waals surface area contributed by atoms with Crippen molar-refractivity contribution < 1.29 is 9.32 Å². The van der Waals surface area contributed by atoms with Crippen LogP contribution in [0, 0.1) is 13.8 Å². The molecule has 26 heavy (non-hydrogen) atoms. The molecule has 0 aliphatic heterocycles. The largest absolute Gasteiger partial charge is 0.361 e. The van der Waals surface area contributed by atoms with Gasteiger partial charge in [-0.1, -0.05) is 17.3 Å². The highest BCUT2D eigenvalue weighted by Crippen LogP contribution is 2.24. The molecule has 6 nitrogen and oxygen atoms in total. The van der Waals surface area contributed by atoms with Crippen LogP contribution in [0.2, 0.25) is 0 Å². The average molecular weight is 366 g/mol. The van der Waals surface area contributed by atoms with Crippen LogP contribution in [0.15, 0.2) is 46.6 Å². The fourth-order valence-corrected chi connectivity index (χ4v) is 3.64. The van der Waals surface area contributed by atoms with Gasteiger partial charge in [0.15, 0.2) is 4.96 Å². The molecular weight excluding hydrogens is 348 g/mol. The zero-order valence-electron chi connectivity index (χ0n) is 14.5. The van der Waals surface area contributed by atoms with E-state index >= 15 is 0 Å². The summed E-state index contributed by atoms with van der Waals surface area (Å²) in [5.74, 6) is 0.741. The molecule has 0 aliphatic rings. The van der Waals surface area contributed by atoms with Gasteiger partial charge in [-0.15, -0.1) is 11.3 Å². The van der Waals surface area contributed by atoms with Crippen molar-refractivity contribution in [2.24, 2.45) is 0 Å². The Morgan fingerprint density at radius 3 is 3.00 bits per heavy atom. The van der Waals surface area contributed by atoms with Gasteiger partial charge in [0.25, 0.3) is 0 Å². The summed E-state index contributed by atoms with van der Waals surface area (Å²) >= 11 is 1.59. The number of benzene rings is 1. The van der Waals surface area contributed by atoms with E-state index in [9.17, 15) is 4.79 Å². The van der Waals surface area contributed by atoms with Gasteiger partial charge in [-0.25, -0.2) is 4.98 Å². The number of amides is 1. The van der Waals surface area contributed by atoms with Gasteiger partial charge < -0.3 is 9.84 Å². The molecule has 0 radical (unpaired) electrons. The topological polar surface area (TPSA) is 72.4 Å². The third kappa shape index (κ3) is 3.25. The molecule has 0 fully saturated rings. The number of carbonyl (C=O) groups is 1. The van der Waals surface area contributed by atoms with E-state index in [4.69, 9.17) is 4.52 Å². The molecule has 0 aliphatic carbocycles. The highest BCUT2D eigenvalue weighted by molar-refractivity contribution is 7.15. The van der Waals surface area contributed by atoms with E-state index in [-0.39, 0.29) is 5.91 Å². The Hall–Kier alpha value is -2.93. The highest BCUT2D eigenvalue weighted by Gasteiger charge is 2.12. The highest BCUT2D eigenvalue weighted by atomic mass is 32.1. The third-order valence-electron chi connectivity index (χ3n) is 4.32. The minimum absolute atomic E-state index is 0.0343. The van der Waals surface area contributed by atoms with Crippen LogP contribution in [0.3, 0.4) is 0 Å². The van der Waals surface area contributed by atoms with E-state index < -0.39 is 0 Å². The summed E-state index contributed by atoms with van der Waals surface area (Å²) in [5.41, 5.74) is 4.49. The summed E-state index contributed by atoms with van der Waals surface area (Å²) in [5, 5.41) is 8.88. The minimum atomic E-state index is -0.0343. The Kier molecular flexibility index (Phi) is 4.30. The van der Waals surface area contributed by atoms with Crippen molar-refractivity contribution in [3.8, 4) is 11.3 Å². The Morgan fingerprint density at radius 1 is 1.35 bits per heavy atom. The summed E-state index contributed by atoms with van der Waals surface area (Å²) < 4.78 is 7.13. The molecule has 7 heteroatoms. The maximum atomic E-state index is 12.3. The van der Waals surface area contributed by atoms with Crippen molar-refractivity contribution in [2.75, 3.05) is 5.32 Å². The van der Waals surface area contributed by atoms with E-state index in [1.54, 1.807) is 11.3 Å². The molecule has 4 aromatic rings. The number of hydrogen-bond acceptors (Lipinski definition) is 5. The van der Waals surface area contributed by atoms with E-state index in [1.165, 1.54) is 0 Å². The summed E-state index contributed by atoms with van der Waals surface area (Å²) in [6.07, 6.45) is 4.97. The first-order valence-corrected chi connectivity index (χ1v) is 9.22. The van der Waals surface area contributed by atoms with Gasteiger partial charge in [-0.3, -0.25) is 9.20 Å². The smallest absolute Gasteiger partial charge is 0.224 e. The van der Waals surface area contributed by atoms with Gasteiger partial charge in [0.1, 0.15) is 5.76 Å². The molecule has 4 rings (SSSR count). The van der Waals surface area contributed by atoms with Crippen LogP contribution in [0.25, 0.3) is 16.2 Å². The van der Waals surface area contributed by atoms with Gasteiger partial charge >= 0.3 is 0 Å². The molecule has 132 valence electrons. The van der Waals surface area contributed by atoms with E-state index in [0.717, 1.165) is 38.9 Å². The summed E-state index contributed by atoms with van der Waals surface area (Å²) in [4.78, 5) is 17.9. The number of rotatable bonds is 5. The van der Waals surface area contributed by atoms with Crippen LogP contribution < -0.4 is 5.32 Å². The number of nitrogens with zero attached hydrogens (tertiary/aromatic N) is 3. The van der Waals surface area contributed by atoms with Gasteiger partial charge in [-0.05, 0) is 32.4 Å². The van der Waals surface area contributed by atoms with E-state index in [1.807, 2.05) is 60.3 Å². The van der Waals surface area contributed by atoms with Crippen molar-refractivity contribution >= 4 is 27.9 Å². The summed E-state index contributed by atoms with van der Waals surface area (Å²) in [6, 6.07) is 7.74. The summed E-state index contributed by atoms with van der Waals surface area (Å²) in [6.45, 7) is 3.76. The number of anilines is 1. The van der Waals surface area contributed by atoms with Crippen LogP contribution in [0.4, 0.5) is 5.69 Å². The monoisotopic (exact) mass is 366 g/mol. The maximum absolute atomic E-state index is 12.3. The molecule has 3 heterocycles. The Morgan fingerprint density at radius 2 is 2.23 bits per heavy atom. The molecule has 0 saturated heterocycles. The molecule has 0 atom stereocenters. The SMILES string of the molecule is Cc1noc(C)c1CCC(=O)Nc1cccc(-c2cn3ccsc3n2)c1. The van der Waals surface area contributed by atoms with Gasteiger partial charge in [-0.2, -0.15) is 0 Å². The Bertz CT molecular complexity index is 1030. The summed E-state index contributed by atoms with van der Waals surface area (Å²) in [7, 11) is 0. The number of thiazole rings is 1. The zero-order valence-corrected chi connectivity index (χ0v) is 15.3. The third-order valence-corrected chi connectivity index (χ3v) is 5.09. The molecule has 0 unspecified atom stereocenters. The number of aromatic nitrogens is 3. The van der Waals surface area contributed by atoms with Gasteiger partial charge in [0.05, 0.1) is 11.4 Å². The second-order valence-electron chi connectivity index (χ2n) is 6.15. The van der Waals surface area contributed by atoms with Crippen molar-refractivity contribution in [3.05, 3.63) is 59.1 Å². The van der Waals surface area contributed by atoms with Crippen LogP contribution in [0.5, 0.6) is 0 Å². The quantitative estimate of drug-likeness (QED) is 0.573. The lowest BCUT2D eigenvalue weighted by atomic mass is 10.1. The Balaban J connectivity index is 1.45. The van der Waals surface area contributed by atoms with Gasteiger partial charge in [0.2, 0.25) is 5.91 Å². The second kappa shape index (κ2) is 6.76. The first-order valence-electron chi connectivity index (χ1n) is 8.34.